The summed E-state index contributed by atoms with van der Waals surface area (Å²) in [5, 5.41) is 5.83. The average molecular weight is 331 g/mol. The molecule has 0 aromatic heterocycles. The molecule has 1 unspecified atom stereocenters. The first-order valence-corrected chi connectivity index (χ1v) is 8.94. The molecule has 0 spiro atoms. The van der Waals surface area contributed by atoms with Crippen molar-refractivity contribution >= 4 is 23.2 Å². The summed E-state index contributed by atoms with van der Waals surface area (Å²) in [7, 11) is 0. The van der Waals surface area contributed by atoms with E-state index in [0.29, 0.717) is 12.8 Å². The van der Waals surface area contributed by atoms with Crippen molar-refractivity contribution in [2.45, 2.75) is 53.0 Å². The second-order valence-electron chi connectivity index (χ2n) is 6.54. The van der Waals surface area contributed by atoms with Crippen molar-refractivity contribution in [3.05, 3.63) is 24.3 Å². The lowest BCUT2D eigenvalue weighted by atomic mass is 10.0. The number of benzene rings is 1. The molecule has 1 aliphatic rings. The van der Waals surface area contributed by atoms with Crippen LogP contribution in [0.1, 0.15) is 47.0 Å². The van der Waals surface area contributed by atoms with Gasteiger partial charge >= 0.3 is 0 Å². The molecule has 5 nitrogen and oxygen atoms in total. The standard InChI is InChI=1S/C19H29N3O2/c1-5-14(4)20-17(23)19(12-13-19)18(24)21-15-8-10-16(11-9-15)22(6-2)7-3/h8-11,14H,5-7,12-13H2,1-4H3,(H,20,23)(H,21,24). The largest absolute Gasteiger partial charge is 0.372 e. The Morgan fingerprint density at radius 2 is 1.67 bits per heavy atom. The first kappa shape index (κ1) is 18.3. The van der Waals surface area contributed by atoms with Crippen LogP contribution in [0.2, 0.25) is 0 Å². The number of nitrogens with one attached hydrogen (secondary N) is 2. The van der Waals surface area contributed by atoms with Gasteiger partial charge in [-0.2, -0.15) is 0 Å². The Labute approximate surface area is 144 Å². The van der Waals surface area contributed by atoms with E-state index in [0.717, 1.165) is 30.9 Å². The van der Waals surface area contributed by atoms with E-state index in [2.05, 4.69) is 29.4 Å². The zero-order chi connectivity index (χ0) is 17.7. The molecule has 1 aromatic carbocycles. The molecule has 0 radical (unpaired) electrons. The summed E-state index contributed by atoms with van der Waals surface area (Å²) in [5.74, 6) is -0.340. The van der Waals surface area contributed by atoms with Crippen LogP contribution in [0.5, 0.6) is 0 Å². The van der Waals surface area contributed by atoms with E-state index in [1.165, 1.54) is 0 Å². The minimum Gasteiger partial charge on any atom is -0.372 e. The maximum atomic E-state index is 12.6. The predicted octanol–water partition coefficient (Wildman–Crippen LogP) is 3.17. The Bertz CT molecular complexity index is 575. The summed E-state index contributed by atoms with van der Waals surface area (Å²) in [5.41, 5.74) is 0.994. The molecule has 0 saturated heterocycles. The highest BCUT2D eigenvalue weighted by molar-refractivity contribution is 6.13. The van der Waals surface area contributed by atoms with E-state index in [1.54, 1.807) is 0 Å². The Hall–Kier alpha value is -2.04. The fourth-order valence-electron chi connectivity index (χ4n) is 2.74. The quantitative estimate of drug-likeness (QED) is 0.719. The van der Waals surface area contributed by atoms with Crippen molar-refractivity contribution in [2.75, 3.05) is 23.3 Å². The van der Waals surface area contributed by atoms with Crippen LogP contribution < -0.4 is 15.5 Å². The van der Waals surface area contributed by atoms with Gasteiger partial charge in [0, 0.05) is 30.5 Å². The maximum Gasteiger partial charge on any atom is 0.240 e. The van der Waals surface area contributed by atoms with Gasteiger partial charge in [-0.05, 0) is 64.3 Å². The van der Waals surface area contributed by atoms with Crippen LogP contribution in [0.25, 0.3) is 0 Å². The van der Waals surface area contributed by atoms with Gasteiger partial charge in [-0.1, -0.05) is 6.92 Å². The number of rotatable bonds is 8. The molecular formula is C19H29N3O2. The van der Waals surface area contributed by atoms with Gasteiger partial charge < -0.3 is 15.5 Å². The third-order valence-electron chi connectivity index (χ3n) is 4.86. The normalized spacial score (nSPS) is 16.2. The predicted molar refractivity (Wildman–Crippen MR) is 98.2 cm³/mol. The number of amides is 2. The molecule has 1 aliphatic carbocycles. The molecular weight excluding hydrogens is 302 g/mol. The fraction of sp³-hybridized carbons (Fsp3) is 0.579. The number of hydrogen-bond donors (Lipinski definition) is 2. The van der Waals surface area contributed by atoms with Crippen LogP contribution in [-0.2, 0) is 9.59 Å². The number of hydrogen-bond acceptors (Lipinski definition) is 3. The minimum absolute atomic E-state index is 0.0936. The highest BCUT2D eigenvalue weighted by Crippen LogP contribution is 2.47. The molecule has 132 valence electrons. The smallest absolute Gasteiger partial charge is 0.240 e. The summed E-state index contributed by atoms with van der Waals surface area (Å²) < 4.78 is 0. The first-order chi connectivity index (χ1) is 11.5. The third kappa shape index (κ3) is 3.89. The van der Waals surface area contributed by atoms with Gasteiger partial charge in [-0.25, -0.2) is 0 Å². The Morgan fingerprint density at radius 1 is 1.08 bits per heavy atom. The Morgan fingerprint density at radius 3 is 2.12 bits per heavy atom. The number of anilines is 2. The van der Waals surface area contributed by atoms with Gasteiger partial charge in [-0.15, -0.1) is 0 Å². The molecule has 2 rings (SSSR count). The van der Waals surface area contributed by atoms with E-state index >= 15 is 0 Å². The van der Waals surface area contributed by atoms with E-state index in [-0.39, 0.29) is 17.9 Å². The highest BCUT2D eigenvalue weighted by Gasteiger charge is 2.56. The summed E-state index contributed by atoms with van der Waals surface area (Å²) >= 11 is 0. The van der Waals surface area contributed by atoms with Gasteiger partial charge in [0.25, 0.3) is 0 Å². The average Bonchev–Trinajstić information content (AvgIpc) is 3.39. The SMILES string of the molecule is CCC(C)NC(=O)C1(C(=O)Nc2ccc(N(CC)CC)cc2)CC1. The molecule has 1 atom stereocenters. The van der Waals surface area contributed by atoms with Crippen LogP contribution in [0.4, 0.5) is 11.4 Å². The van der Waals surface area contributed by atoms with Crippen LogP contribution >= 0.6 is 0 Å². The summed E-state index contributed by atoms with van der Waals surface area (Å²) in [6.07, 6.45) is 2.10. The number of nitrogens with zero attached hydrogens (tertiary/aromatic N) is 1. The van der Waals surface area contributed by atoms with Crippen LogP contribution in [0.3, 0.4) is 0 Å². The van der Waals surface area contributed by atoms with Gasteiger partial charge in [0.15, 0.2) is 0 Å². The summed E-state index contributed by atoms with van der Waals surface area (Å²) in [6.45, 7) is 10.1. The van der Waals surface area contributed by atoms with Crippen LogP contribution in [0.15, 0.2) is 24.3 Å². The minimum atomic E-state index is -0.874. The molecule has 24 heavy (non-hydrogen) atoms. The lowest BCUT2D eigenvalue weighted by Crippen LogP contribution is -2.43. The lowest BCUT2D eigenvalue weighted by Gasteiger charge is -2.21. The second-order valence-corrected chi connectivity index (χ2v) is 6.54. The molecule has 2 amide bonds. The first-order valence-electron chi connectivity index (χ1n) is 8.94. The van der Waals surface area contributed by atoms with Crippen LogP contribution in [0, 0.1) is 5.41 Å². The van der Waals surface area contributed by atoms with Crippen molar-refractivity contribution in [1.29, 1.82) is 0 Å². The molecule has 0 aliphatic heterocycles. The zero-order valence-electron chi connectivity index (χ0n) is 15.2. The Balaban J connectivity index is 2.00. The van der Waals surface area contributed by atoms with E-state index in [4.69, 9.17) is 0 Å². The van der Waals surface area contributed by atoms with Crippen molar-refractivity contribution in [1.82, 2.24) is 5.32 Å². The monoisotopic (exact) mass is 331 g/mol. The van der Waals surface area contributed by atoms with Crippen molar-refractivity contribution in [2.24, 2.45) is 5.41 Å². The molecule has 2 N–H and O–H groups in total. The highest BCUT2D eigenvalue weighted by atomic mass is 16.2. The molecule has 5 heteroatoms. The molecule has 1 saturated carbocycles. The molecule has 0 heterocycles. The van der Waals surface area contributed by atoms with E-state index < -0.39 is 5.41 Å². The zero-order valence-corrected chi connectivity index (χ0v) is 15.2. The fourth-order valence-corrected chi connectivity index (χ4v) is 2.74. The van der Waals surface area contributed by atoms with Crippen molar-refractivity contribution in [3.8, 4) is 0 Å². The molecule has 1 fully saturated rings. The van der Waals surface area contributed by atoms with Crippen LogP contribution in [-0.4, -0.2) is 30.9 Å². The van der Waals surface area contributed by atoms with Gasteiger partial charge in [0.1, 0.15) is 5.41 Å². The topological polar surface area (TPSA) is 61.4 Å². The maximum absolute atomic E-state index is 12.6. The molecule has 1 aromatic rings. The van der Waals surface area contributed by atoms with Gasteiger partial charge in [0.05, 0.1) is 0 Å². The van der Waals surface area contributed by atoms with E-state index in [9.17, 15) is 9.59 Å². The van der Waals surface area contributed by atoms with Crippen molar-refractivity contribution in [3.63, 3.8) is 0 Å². The van der Waals surface area contributed by atoms with Gasteiger partial charge in [0.2, 0.25) is 11.8 Å². The number of carbonyl (C=O) groups excluding carboxylic acids is 2. The Kier molecular flexibility index (Phi) is 5.86. The second kappa shape index (κ2) is 7.69. The summed E-state index contributed by atoms with van der Waals surface area (Å²) in [4.78, 5) is 27.2. The van der Waals surface area contributed by atoms with E-state index in [1.807, 2.05) is 38.1 Å². The number of carbonyl (C=O) groups is 2. The van der Waals surface area contributed by atoms with Crippen molar-refractivity contribution < 1.29 is 9.59 Å². The third-order valence-corrected chi connectivity index (χ3v) is 4.86. The molecule has 0 bridgehead atoms. The summed E-state index contributed by atoms with van der Waals surface area (Å²) in [6, 6.07) is 7.89. The lowest BCUT2D eigenvalue weighted by molar-refractivity contribution is -0.134. The van der Waals surface area contributed by atoms with Gasteiger partial charge in [-0.3, -0.25) is 9.59 Å².